The Bertz CT molecular complexity index is 3150. The highest BCUT2D eigenvalue weighted by Gasteiger charge is 2.51. The standard InChI is InChI=1S/C59H42OS/c1-4-17-39(18-5-1)35-49(43-32-34-53-55(38-43)60-54-29-15-14-28-52(54)59(53)50-26-12-10-23-44(50)45-24-11-13-27-51(45)59)46-25-16-30-56-58(46)47-33-31-40(37-57(47)61-56)36-48(41-19-6-2-7-20-41)42-21-8-3-9-22-42/h1-34,37-38,48-49H,35-36H2. The minimum Gasteiger partial charge on any atom is -0.457 e. The topological polar surface area (TPSA) is 9.23 Å². The van der Waals surface area contributed by atoms with Gasteiger partial charge in [-0.1, -0.05) is 194 Å². The van der Waals surface area contributed by atoms with E-state index in [2.05, 4.69) is 218 Å². The van der Waals surface area contributed by atoms with Gasteiger partial charge in [-0.2, -0.15) is 0 Å². The van der Waals surface area contributed by atoms with E-state index in [1.807, 2.05) is 11.3 Å². The van der Waals surface area contributed by atoms with Gasteiger partial charge in [0.25, 0.3) is 0 Å². The van der Waals surface area contributed by atoms with Crippen LogP contribution in [0.1, 0.15) is 67.5 Å². The Hall–Kier alpha value is -7.00. The molecule has 1 atom stereocenters. The van der Waals surface area contributed by atoms with E-state index in [4.69, 9.17) is 4.74 Å². The fourth-order valence-corrected chi connectivity index (χ4v) is 11.9. The highest BCUT2D eigenvalue weighted by molar-refractivity contribution is 7.25. The molecule has 1 nitrogen and oxygen atoms in total. The zero-order chi connectivity index (χ0) is 40.3. The summed E-state index contributed by atoms with van der Waals surface area (Å²) in [5.41, 5.74) is 15.1. The maximum Gasteiger partial charge on any atom is 0.132 e. The van der Waals surface area contributed by atoms with Crippen molar-refractivity contribution in [3.63, 3.8) is 0 Å². The molecule has 1 aliphatic carbocycles. The average Bonchev–Trinajstić information content (AvgIpc) is 3.84. The summed E-state index contributed by atoms with van der Waals surface area (Å²) < 4.78 is 9.69. The van der Waals surface area contributed by atoms with E-state index < -0.39 is 5.41 Å². The predicted molar refractivity (Wildman–Crippen MR) is 254 cm³/mol. The summed E-state index contributed by atoms with van der Waals surface area (Å²) in [6.07, 6.45) is 1.81. The molecule has 0 fully saturated rings. The van der Waals surface area contributed by atoms with Gasteiger partial charge < -0.3 is 4.74 Å². The second-order valence-electron chi connectivity index (χ2n) is 16.7. The molecule has 10 aromatic rings. The first-order valence-corrected chi connectivity index (χ1v) is 22.2. The molecule has 1 aromatic heterocycles. The lowest BCUT2D eigenvalue weighted by molar-refractivity contribution is 0.435. The van der Waals surface area contributed by atoms with Gasteiger partial charge in [-0.05, 0) is 92.7 Å². The summed E-state index contributed by atoms with van der Waals surface area (Å²) >= 11 is 1.92. The smallest absolute Gasteiger partial charge is 0.132 e. The molecule has 0 saturated heterocycles. The molecule has 0 saturated carbocycles. The van der Waals surface area contributed by atoms with E-state index in [0.717, 1.165) is 24.3 Å². The lowest BCUT2D eigenvalue weighted by Crippen LogP contribution is -2.32. The van der Waals surface area contributed by atoms with Crippen molar-refractivity contribution in [1.82, 2.24) is 0 Å². The van der Waals surface area contributed by atoms with Crippen molar-refractivity contribution >= 4 is 31.5 Å². The molecule has 0 N–H and O–H groups in total. The predicted octanol–water partition coefficient (Wildman–Crippen LogP) is 15.3. The molecule has 0 radical (unpaired) electrons. The second-order valence-corrected chi connectivity index (χ2v) is 17.8. The van der Waals surface area contributed by atoms with Crippen molar-refractivity contribution < 1.29 is 4.74 Å². The van der Waals surface area contributed by atoms with Crippen LogP contribution in [0, 0.1) is 0 Å². The van der Waals surface area contributed by atoms with Crippen molar-refractivity contribution in [3.8, 4) is 22.6 Å². The Kier molecular flexibility index (Phi) is 8.61. The summed E-state index contributed by atoms with van der Waals surface area (Å²) in [6.45, 7) is 0. The van der Waals surface area contributed by atoms with Gasteiger partial charge in [-0.3, -0.25) is 0 Å². The molecule has 2 heterocycles. The average molecular weight is 799 g/mol. The Labute approximate surface area is 361 Å². The number of ether oxygens (including phenoxy) is 1. The van der Waals surface area contributed by atoms with Crippen LogP contribution in [0.3, 0.4) is 0 Å². The minimum absolute atomic E-state index is 0.0919. The zero-order valence-electron chi connectivity index (χ0n) is 33.7. The highest BCUT2D eigenvalue weighted by Crippen LogP contribution is 2.62. The third kappa shape index (κ3) is 5.81. The van der Waals surface area contributed by atoms with E-state index in [-0.39, 0.29) is 11.8 Å². The third-order valence-corrected chi connectivity index (χ3v) is 14.5. The normalized spacial score (nSPS) is 13.7. The van der Waals surface area contributed by atoms with E-state index in [1.54, 1.807) is 0 Å². The van der Waals surface area contributed by atoms with Crippen LogP contribution in [-0.2, 0) is 18.3 Å². The summed E-state index contributed by atoms with van der Waals surface area (Å²) in [5.74, 6) is 2.22. The summed E-state index contributed by atoms with van der Waals surface area (Å²) in [6, 6.07) is 80.8. The van der Waals surface area contributed by atoms with E-state index in [1.165, 1.54) is 86.9 Å². The van der Waals surface area contributed by atoms with Gasteiger partial charge in [0.2, 0.25) is 0 Å². The quantitative estimate of drug-likeness (QED) is 0.149. The molecule has 12 rings (SSSR count). The number of para-hydroxylation sites is 1. The van der Waals surface area contributed by atoms with Crippen molar-refractivity contribution in [2.45, 2.75) is 30.1 Å². The lowest BCUT2D eigenvalue weighted by Gasteiger charge is -2.39. The third-order valence-electron chi connectivity index (χ3n) is 13.4. The van der Waals surface area contributed by atoms with Gasteiger partial charge in [0.1, 0.15) is 11.5 Å². The largest absolute Gasteiger partial charge is 0.457 e. The second kappa shape index (κ2) is 14.6. The molecule has 290 valence electrons. The molecule has 0 amide bonds. The molecule has 9 aromatic carbocycles. The van der Waals surface area contributed by atoms with Crippen LogP contribution in [0.15, 0.2) is 218 Å². The van der Waals surface area contributed by atoms with Crippen molar-refractivity contribution in [2.24, 2.45) is 0 Å². The summed E-state index contributed by atoms with van der Waals surface area (Å²) in [7, 11) is 0. The van der Waals surface area contributed by atoms with Gasteiger partial charge in [0, 0.05) is 43.1 Å². The molecule has 2 heteroatoms. The fourth-order valence-electron chi connectivity index (χ4n) is 10.7. The molecule has 1 spiro atoms. The molecular weight excluding hydrogens is 757 g/mol. The number of rotatable bonds is 8. The molecule has 61 heavy (non-hydrogen) atoms. The van der Waals surface area contributed by atoms with Crippen LogP contribution >= 0.6 is 11.3 Å². The first-order valence-electron chi connectivity index (χ1n) is 21.4. The number of fused-ring (bicyclic) bond motifs is 12. The molecule has 0 bridgehead atoms. The van der Waals surface area contributed by atoms with Gasteiger partial charge in [-0.15, -0.1) is 11.3 Å². The van der Waals surface area contributed by atoms with Crippen molar-refractivity contribution in [2.75, 3.05) is 0 Å². The van der Waals surface area contributed by atoms with Crippen molar-refractivity contribution in [1.29, 1.82) is 0 Å². The molecule has 2 aliphatic rings. The van der Waals surface area contributed by atoms with Gasteiger partial charge in [0.05, 0.1) is 5.41 Å². The summed E-state index contributed by atoms with van der Waals surface area (Å²) in [5, 5.41) is 2.69. The minimum atomic E-state index is -0.480. The van der Waals surface area contributed by atoms with Gasteiger partial charge in [0.15, 0.2) is 0 Å². The van der Waals surface area contributed by atoms with Crippen LogP contribution in [0.5, 0.6) is 11.5 Å². The van der Waals surface area contributed by atoms with E-state index in [9.17, 15) is 0 Å². The number of benzene rings is 9. The fraction of sp³-hybridized carbons (Fsp3) is 0.0847. The monoisotopic (exact) mass is 798 g/mol. The van der Waals surface area contributed by atoms with Crippen molar-refractivity contribution in [3.05, 3.63) is 274 Å². The lowest BCUT2D eigenvalue weighted by atomic mass is 9.66. The maximum absolute atomic E-state index is 7.02. The molecular formula is C59H42OS. The molecule has 1 aliphatic heterocycles. The SMILES string of the molecule is c1ccc(CC(c2ccc3c(c2)Oc2ccccc2C32c3ccccc3-c3ccccc32)c2cccc3sc4cc(CC(c5ccccc5)c5ccccc5)ccc4c23)cc1. The van der Waals surface area contributed by atoms with Crippen LogP contribution in [0.2, 0.25) is 0 Å². The van der Waals surface area contributed by atoms with Crippen LogP contribution < -0.4 is 4.74 Å². The summed E-state index contributed by atoms with van der Waals surface area (Å²) in [4.78, 5) is 0. The van der Waals surface area contributed by atoms with Gasteiger partial charge >= 0.3 is 0 Å². The Morgan fingerprint density at radius 3 is 1.69 bits per heavy atom. The Balaban J connectivity index is 1.00. The van der Waals surface area contributed by atoms with Crippen LogP contribution in [-0.4, -0.2) is 0 Å². The zero-order valence-corrected chi connectivity index (χ0v) is 34.5. The highest BCUT2D eigenvalue weighted by atomic mass is 32.1. The van der Waals surface area contributed by atoms with E-state index in [0.29, 0.717) is 0 Å². The first kappa shape index (κ1) is 35.9. The number of hydrogen-bond donors (Lipinski definition) is 0. The van der Waals surface area contributed by atoms with E-state index >= 15 is 0 Å². The number of hydrogen-bond acceptors (Lipinski definition) is 2. The molecule has 1 unspecified atom stereocenters. The Morgan fingerprint density at radius 1 is 0.393 bits per heavy atom. The Morgan fingerprint density at radius 2 is 0.984 bits per heavy atom. The number of thiophene rings is 1. The first-order chi connectivity index (χ1) is 30.2. The van der Waals surface area contributed by atoms with Crippen LogP contribution in [0.25, 0.3) is 31.3 Å². The van der Waals surface area contributed by atoms with Crippen LogP contribution in [0.4, 0.5) is 0 Å². The van der Waals surface area contributed by atoms with Gasteiger partial charge in [-0.25, -0.2) is 0 Å². The maximum atomic E-state index is 7.02.